The first-order valence-corrected chi connectivity index (χ1v) is 3.70. The molecule has 84 valence electrons. The van der Waals surface area contributed by atoms with Gasteiger partial charge < -0.3 is 9.90 Å². The van der Waals surface area contributed by atoms with E-state index in [1.807, 2.05) is 12.9 Å². The van der Waals surface area contributed by atoms with Crippen LogP contribution >= 0.6 is 0 Å². The normalized spacial score (nSPS) is 7.07. The van der Waals surface area contributed by atoms with Crippen LogP contribution in [0.3, 0.4) is 0 Å². The SMILES string of the molecule is C=O.NNC(=O)NN.Oc1ccccc1. The predicted octanol–water partition coefficient (Wildman–Crippen LogP) is -0.760. The number of nitrogens with one attached hydrogen (secondary N) is 2. The Hall–Kier alpha value is -2.12. The molecule has 7 nitrogen and oxygen atoms in total. The lowest BCUT2D eigenvalue weighted by atomic mass is 10.3. The van der Waals surface area contributed by atoms with E-state index in [9.17, 15) is 4.79 Å². The number of hydrogen-bond acceptors (Lipinski definition) is 5. The van der Waals surface area contributed by atoms with Gasteiger partial charge >= 0.3 is 6.03 Å². The zero-order valence-electron chi connectivity index (χ0n) is 8.01. The number of carbonyl (C=O) groups is 2. The number of urea groups is 1. The average Bonchev–Trinajstić information content (AvgIpc) is 2.32. The van der Waals surface area contributed by atoms with Crippen molar-refractivity contribution in [2.45, 2.75) is 0 Å². The van der Waals surface area contributed by atoms with Crippen LogP contribution in [0.2, 0.25) is 0 Å². The fourth-order valence-electron chi connectivity index (χ4n) is 0.470. The molecule has 0 saturated heterocycles. The molecule has 1 rings (SSSR count). The van der Waals surface area contributed by atoms with Crippen molar-refractivity contribution in [2.24, 2.45) is 11.7 Å². The number of hydrazine groups is 2. The monoisotopic (exact) mass is 214 g/mol. The number of rotatable bonds is 0. The third-order valence-electron chi connectivity index (χ3n) is 1.02. The fourth-order valence-corrected chi connectivity index (χ4v) is 0.470. The van der Waals surface area contributed by atoms with E-state index in [2.05, 4.69) is 11.7 Å². The molecule has 1 aromatic carbocycles. The molecule has 0 aliphatic heterocycles. The van der Waals surface area contributed by atoms with Gasteiger partial charge in [0.1, 0.15) is 12.5 Å². The predicted molar refractivity (Wildman–Crippen MR) is 55.3 cm³/mol. The number of phenols is 1. The largest absolute Gasteiger partial charge is 0.508 e. The first kappa shape index (κ1) is 15.4. The van der Waals surface area contributed by atoms with Crippen LogP contribution in [0.15, 0.2) is 30.3 Å². The van der Waals surface area contributed by atoms with Crippen LogP contribution in [0, 0.1) is 0 Å². The Balaban J connectivity index is 0. The molecule has 0 fully saturated rings. The van der Waals surface area contributed by atoms with E-state index < -0.39 is 6.03 Å². The topological polar surface area (TPSA) is 130 Å². The van der Waals surface area contributed by atoms with Gasteiger partial charge in [0.15, 0.2) is 0 Å². The summed E-state index contributed by atoms with van der Waals surface area (Å²) in [6, 6.07) is 8.11. The summed E-state index contributed by atoms with van der Waals surface area (Å²) < 4.78 is 0. The molecule has 15 heavy (non-hydrogen) atoms. The molecule has 0 saturated carbocycles. The van der Waals surface area contributed by atoms with Gasteiger partial charge in [0.25, 0.3) is 0 Å². The summed E-state index contributed by atoms with van der Waals surface area (Å²) in [4.78, 5) is 17.7. The molecule has 0 aliphatic rings. The summed E-state index contributed by atoms with van der Waals surface area (Å²) in [5.41, 5.74) is 3.48. The van der Waals surface area contributed by atoms with E-state index in [0.29, 0.717) is 5.75 Å². The van der Waals surface area contributed by atoms with Crippen molar-refractivity contribution >= 4 is 12.8 Å². The number of amides is 2. The number of hydrogen-bond donors (Lipinski definition) is 5. The summed E-state index contributed by atoms with van der Waals surface area (Å²) in [5.74, 6) is 9.40. The molecule has 0 unspecified atom stereocenters. The Morgan fingerprint density at radius 1 is 1.13 bits per heavy atom. The van der Waals surface area contributed by atoms with Crippen molar-refractivity contribution < 1.29 is 14.7 Å². The summed E-state index contributed by atoms with van der Waals surface area (Å²) in [6.07, 6.45) is 0. The quantitative estimate of drug-likeness (QED) is 0.220. The Kier molecular flexibility index (Phi) is 12.2. The minimum atomic E-state index is -0.602. The standard InChI is InChI=1S/C6H6O.CH6N4O.CH2O/c7-6-4-2-1-3-5-6;2-4-1(6)5-3;1-2/h1-5,7H;2-3H2,(H2,4,5,6);1H2. The van der Waals surface area contributed by atoms with Crippen molar-refractivity contribution in [1.29, 1.82) is 0 Å². The molecule has 0 radical (unpaired) electrons. The lowest BCUT2D eigenvalue weighted by Crippen LogP contribution is -2.43. The number of para-hydroxylation sites is 1. The minimum Gasteiger partial charge on any atom is -0.508 e. The van der Waals surface area contributed by atoms with Gasteiger partial charge in [-0.1, -0.05) is 18.2 Å². The van der Waals surface area contributed by atoms with Gasteiger partial charge in [0.2, 0.25) is 0 Å². The molecule has 0 aromatic heterocycles. The summed E-state index contributed by atoms with van der Waals surface area (Å²) in [6.45, 7) is 2.00. The molecule has 0 heterocycles. The van der Waals surface area contributed by atoms with Crippen LogP contribution in [0.5, 0.6) is 5.75 Å². The Morgan fingerprint density at radius 2 is 1.53 bits per heavy atom. The number of benzene rings is 1. The van der Waals surface area contributed by atoms with Crippen molar-refractivity contribution in [2.75, 3.05) is 0 Å². The van der Waals surface area contributed by atoms with E-state index >= 15 is 0 Å². The summed E-state index contributed by atoms with van der Waals surface area (Å²) in [7, 11) is 0. The van der Waals surface area contributed by atoms with Crippen LogP contribution in [0.4, 0.5) is 4.79 Å². The van der Waals surface area contributed by atoms with E-state index in [1.54, 1.807) is 35.1 Å². The van der Waals surface area contributed by atoms with Crippen LogP contribution in [-0.4, -0.2) is 17.9 Å². The third kappa shape index (κ3) is 11.9. The van der Waals surface area contributed by atoms with Gasteiger partial charge in [-0.25, -0.2) is 16.5 Å². The second kappa shape index (κ2) is 11.9. The first-order chi connectivity index (χ1) is 7.20. The van der Waals surface area contributed by atoms with E-state index in [-0.39, 0.29) is 0 Å². The van der Waals surface area contributed by atoms with Crippen LogP contribution in [-0.2, 0) is 4.79 Å². The second-order valence-corrected chi connectivity index (χ2v) is 1.95. The Morgan fingerprint density at radius 3 is 1.67 bits per heavy atom. The van der Waals surface area contributed by atoms with Gasteiger partial charge in [0.05, 0.1) is 0 Å². The number of phenolic OH excluding ortho intramolecular Hbond substituents is 1. The average molecular weight is 214 g/mol. The number of nitrogens with two attached hydrogens (primary N) is 2. The minimum absolute atomic E-state index is 0.322. The van der Waals surface area contributed by atoms with Gasteiger partial charge in [-0.2, -0.15) is 0 Å². The molecule has 7 heteroatoms. The molecule has 0 aliphatic carbocycles. The molecular formula is C8H14N4O3. The lowest BCUT2D eigenvalue weighted by Gasteiger charge is -1.90. The Bertz CT molecular complexity index is 249. The zero-order valence-corrected chi connectivity index (χ0v) is 8.01. The maximum atomic E-state index is 9.71. The van der Waals surface area contributed by atoms with Gasteiger partial charge in [-0.15, -0.1) is 0 Å². The zero-order chi connectivity index (χ0) is 12.1. The van der Waals surface area contributed by atoms with E-state index in [1.165, 1.54) is 0 Å². The van der Waals surface area contributed by atoms with Crippen molar-refractivity contribution in [3.8, 4) is 5.75 Å². The number of carbonyl (C=O) groups excluding carboxylic acids is 2. The molecule has 7 N–H and O–H groups in total. The van der Waals surface area contributed by atoms with E-state index in [4.69, 9.17) is 9.90 Å². The summed E-state index contributed by atoms with van der Waals surface area (Å²) >= 11 is 0. The van der Waals surface area contributed by atoms with Crippen LogP contribution < -0.4 is 22.5 Å². The molecule has 2 amide bonds. The maximum Gasteiger partial charge on any atom is 0.343 e. The van der Waals surface area contributed by atoms with Gasteiger partial charge in [-0.05, 0) is 12.1 Å². The second-order valence-electron chi connectivity index (χ2n) is 1.95. The highest BCUT2D eigenvalue weighted by Gasteiger charge is 1.83. The maximum absolute atomic E-state index is 9.71. The van der Waals surface area contributed by atoms with Gasteiger partial charge in [0, 0.05) is 0 Å². The third-order valence-corrected chi connectivity index (χ3v) is 1.02. The van der Waals surface area contributed by atoms with Crippen molar-refractivity contribution in [3.63, 3.8) is 0 Å². The first-order valence-electron chi connectivity index (χ1n) is 3.70. The van der Waals surface area contributed by atoms with Crippen LogP contribution in [0.1, 0.15) is 0 Å². The molecule has 1 aromatic rings. The molecule has 0 atom stereocenters. The van der Waals surface area contributed by atoms with Gasteiger partial charge in [-0.3, -0.25) is 10.9 Å². The molecule has 0 bridgehead atoms. The highest BCUT2D eigenvalue weighted by Crippen LogP contribution is 2.02. The van der Waals surface area contributed by atoms with Crippen molar-refractivity contribution in [1.82, 2.24) is 10.9 Å². The molecule has 0 spiro atoms. The Labute approximate surface area is 87.0 Å². The van der Waals surface area contributed by atoms with E-state index in [0.717, 1.165) is 0 Å². The van der Waals surface area contributed by atoms with Crippen LogP contribution in [0.25, 0.3) is 0 Å². The number of aromatic hydroxyl groups is 1. The van der Waals surface area contributed by atoms with Crippen molar-refractivity contribution in [3.05, 3.63) is 30.3 Å². The highest BCUT2D eigenvalue weighted by molar-refractivity contribution is 5.72. The highest BCUT2D eigenvalue weighted by atomic mass is 16.3. The fraction of sp³-hybridized carbons (Fsp3) is 0. The lowest BCUT2D eigenvalue weighted by molar-refractivity contribution is -0.0979. The smallest absolute Gasteiger partial charge is 0.343 e. The molecular weight excluding hydrogens is 200 g/mol. The summed E-state index contributed by atoms with van der Waals surface area (Å²) in [5, 5.41) is 8.63.